The Kier molecular flexibility index (Phi) is 5.31. The average molecular weight is 365 g/mol. The lowest BCUT2D eigenvalue weighted by molar-refractivity contribution is -0.137. The number of nitrogens with zero attached hydrogens (tertiary/aromatic N) is 3. The minimum Gasteiger partial charge on any atom is -0.363 e. The second-order valence-electron chi connectivity index (χ2n) is 5.62. The number of nitrogens with two attached hydrogens (primary N) is 1. The van der Waals surface area contributed by atoms with Crippen LogP contribution in [0, 0.1) is 0 Å². The second kappa shape index (κ2) is 8.00. The van der Waals surface area contributed by atoms with Crippen molar-refractivity contribution in [2.24, 2.45) is 5.73 Å². The van der Waals surface area contributed by atoms with E-state index in [2.05, 4.69) is 25.2 Å². The number of hydrogen-bond acceptors (Lipinski definition) is 7. The second-order valence-corrected chi connectivity index (χ2v) is 5.62. The van der Waals surface area contributed by atoms with Crippen molar-refractivity contribution in [3.63, 3.8) is 0 Å². The van der Waals surface area contributed by atoms with E-state index in [1.54, 1.807) is 42.5 Å². The van der Waals surface area contributed by atoms with Crippen molar-refractivity contribution in [3.05, 3.63) is 66.0 Å². The smallest absolute Gasteiger partial charge is 0.287 e. The Labute approximate surface area is 153 Å². The van der Waals surface area contributed by atoms with E-state index in [0.717, 1.165) is 5.56 Å². The monoisotopic (exact) mass is 365 g/mol. The molecule has 0 bridgehead atoms. The first-order valence-electron chi connectivity index (χ1n) is 7.98. The highest BCUT2D eigenvalue weighted by atomic mass is 16.6. The van der Waals surface area contributed by atoms with Crippen LogP contribution in [0.1, 0.15) is 16.1 Å². The number of pyridine rings is 1. The van der Waals surface area contributed by atoms with Crippen molar-refractivity contribution in [1.82, 2.24) is 20.6 Å². The van der Waals surface area contributed by atoms with Crippen LogP contribution in [0.3, 0.4) is 0 Å². The third-order valence-electron chi connectivity index (χ3n) is 3.76. The van der Waals surface area contributed by atoms with Crippen molar-refractivity contribution >= 4 is 17.6 Å². The molecule has 2 aromatic heterocycles. The van der Waals surface area contributed by atoms with Gasteiger partial charge in [-0.15, -0.1) is 0 Å². The minimum absolute atomic E-state index is 0.0958. The van der Waals surface area contributed by atoms with E-state index < -0.39 is 23.6 Å². The molecule has 27 heavy (non-hydrogen) atoms. The van der Waals surface area contributed by atoms with Crippen LogP contribution in [0.15, 0.2) is 59.4 Å². The lowest BCUT2D eigenvalue weighted by atomic mass is 10.0. The van der Waals surface area contributed by atoms with Gasteiger partial charge in [0.2, 0.25) is 11.5 Å². The highest BCUT2D eigenvalue weighted by Gasteiger charge is 2.29. The first-order valence-corrected chi connectivity index (χ1v) is 7.98. The minimum atomic E-state index is -1.15. The van der Waals surface area contributed by atoms with Crippen molar-refractivity contribution in [1.29, 1.82) is 0 Å². The van der Waals surface area contributed by atoms with Crippen molar-refractivity contribution in [2.75, 3.05) is 0 Å². The van der Waals surface area contributed by atoms with Crippen LogP contribution in [0.5, 0.6) is 0 Å². The molecule has 0 radical (unpaired) electrons. The summed E-state index contributed by atoms with van der Waals surface area (Å²) in [4.78, 5) is 40.2. The lowest BCUT2D eigenvalue weighted by Crippen LogP contribution is -2.47. The summed E-state index contributed by atoms with van der Waals surface area (Å²) in [6.07, 6.45) is 1.62. The van der Waals surface area contributed by atoms with Gasteiger partial charge in [0.25, 0.3) is 11.8 Å². The number of amides is 2. The number of ketones is 1. The first-order chi connectivity index (χ1) is 13.1. The maximum Gasteiger partial charge on any atom is 0.287 e. The van der Waals surface area contributed by atoms with Crippen LogP contribution in [-0.2, 0) is 16.0 Å². The molecule has 0 saturated heterocycles. The van der Waals surface area contributed by atoms with Gasteiger partial charge in [0.1, 0.15) is 6.04 Å². The third kappa shape index (κ3) is 4.21. The molecule has 0 aliphatic carbocycles. The maximum atomic E-state index is 12.6. The summed E-state index contributed by atoms with van der Waals surface area (Å²) < 4.78 is 4.65. The van der Waals surface area contributed by atoms with Crippen LogP contribution in [0.4, 0.5) is 0 Å². The van der Waals surface area contributed by atoms with Crippen LogP contribution in [-0.4, -0.2) is 38.9 Å². The summed E-state index contributed by atoms with van der Waals surface area (Å²) >= 11 is 0. The molecule has 3 aromatic rings. The molecule has 1 atom stereocenters. The van der Waals surface area contributed by atoms with Gasteiger partial charge in [-0.3, -0.25) is 19.4 Å². The number of benzene rings is 1. The molecule has 0 aliphatic rings. The van der Waals surface area contributed by atoms with Crippen LogP contribution >= 0.6 is 0 Å². The summed E-state index contributed by atoms with van der Waals surface area (Å²) in [5.41, 5.74) is 6.21. The van der Waals surface area contributed by atoms with E-state index in [4.69, 9.17) is 5.73 Å². The zero-order valence-corrected chi connectivity index (χ0v) is 14.0. The molecule has 9 heteroatoms. The number of hydrogen-bond donors (Lipinski definition) is 2. The van der Waals surface area contributed by atoms with E-state index >= 15 is 0 Å². The molecule has 0 fully saturated rings. The highest BCUT2D eigenvalue weighted by Crippen LogP contribution is 2.17. The third-order valence-corrected chi connectivity index (χ3v) is 3.76. The van der Waals surface area contributed by atoms with Gasteiger partial charge in [0.15, 0.2) is 5.69 Å². The maximum absolute atomic E-state index is 12.6. The molecule has 9 nitrogen and oxygen atoms in total. The van der Waals surface area contributed by atoms with Gasteiger partial charge >= 0.3 is 0 Å². The Morgan fingerprint density at radius 1 is 1.04 bits per heavy atom. The van der Waals surface area contributed by atoms with Crippen molar-refractivity contribution in [2.45, 2.75) is 12.5 Å². The molecular formula is C18H15N5O4. The fourth-order valence-electron chi connectivity index (χ4n) is 2.47. The molecular weight excluding hydrogens is 350 g/mol. The van der Waals surface area contributed by atoms with Gasteiger partial charge in [0.05, 0.1) is 5.69 Å². The summed E-state index contributed by atoms with van der Waals surface area (Å²) in [6.45, 7) is 0. The Morgan fingerprint density at radius 2 is 1.78 bits per heavy atom. The zero-order valence-electron chi connectivity index (χ0n) is 14.0. The summed E-state index contributed by atoms with van der Waals surface area (Å²) in [5, 5.41) is 9.76. The lowest BCUT2D eigenvalue weighted by Gasteiger charge is -2.15. The Balaban J connectivity index is 1.84. The van der Waals surface area contributed by atoms with Crippen LogP contribution in [0.2, 0.25) is 0 Å². The molecule has 0 saturated carbocycles. The molecule has 1 unspecified atom stereocenters. The summed E-state index contributed by atoms with van der Waals surface area (Å²) in [5.74, 6) is -2.78. The predicted octanol–water partition coefficient (Wildman–Crippen LogP) is 0.527. The first kappa shape index (κ1) is 17.9. The zero-order chi connectivity index (χ0) is 19.2. The summed E-state index contributed by atoms with van der Waals surface area (Å²) in [7, 11) is 0. The van der Waals surface area contributed by atoms with Gasteiger partial charge in [-0.2, -0.15) is 0 Å². The molecule has 0 spiro atoms. The van der Waals surface area contributed by atoms with Gasteiger partial charge in [-0.05, 0) is 28.0 Å². The molecule has 136 valence electrons. The Bertz CT molecular complexity index is 956. The SMILES string of the molecule is NC(=O)C(=O)C(Cc1ccccc1)NC(=O)c1nonc1-c1ccccn1. The normalized spacial score (nSPS) is 11.6. The molecule has 0 aliphatic heterocycles. The number of carbonyl (C=O) groups excluding carboxylic acids is 3. The average Bonchev–Trinajstić information content (AvgIpc) is 3.18. The topological polar surface area (TPSA) is 141 Å². The number of nitrogens with one attached hydrogen (secondary N) is 1. The standard InChI is InChI=1S/C18H15N5O4/c19-17(25)16(24)13(10-11-6-2-1-3-7-11)21-18(26)15-14(22-27-23-15)12-8-4-5-9-20-12/h1-9,13H,10H2,(H2,19,25)(H,21,26). The van der Waals surface area contributed by atoms with Gasteiger partial charge in [-0.1, -0.05) is 36.4 Å². The van der Waals surface area contributed by atoms with Crippen LogP contribution < -0.4 is 11.1 Å². The van der Waals surface area contributed by atoms with Crippen LogP contribution in [0.25, 0.3) is 11.4 Å². The number of carbonyl (C=O) groups is 3. The van der Waals surface area contributed by atoms with Gasteiger partial charge in [0, 0.05) is 12.6 Å². The number of rotatable bonds is 7. The number of primary amides is 1. The van der Waals surface area contributed by atoms with Crippen molar-refractivity contribution in [3.8, 4) is 11.4 Å². The number of Topliss-reactive ketones (excluding diaryl/α,β-unsaturated/α-hetero) is 1. The predicted molar refractivity (Wildman–Crippen MR) is 93.1 cm³/mol. The van der Waals surface area contributed by atoms with E-state index in [9.17, 15) is 14.4 Å². The van der Waals surface area contributed by atoms with Gasteiger partial charge < -0.3 is 11.1 Å². The van der Waals surface area contributed by atoms with E-state index in [1.165, 1.54) is 6.20 Å². The molecule has 3 N–H and O–H groups in total. The van der Waals surface area contributed by atoms with Gasteiger partial charge in [-0.25, -0.2) is 4.63 Å². The summed E-state index contributed by atoms with van der Waals surface area (Å²) in [6, 6.07) is 12.8. The molecule has 2 heterocycles. The Morgan fingerprint density at radius 3 is 2.44 bits per heavy atom. The fourth-order valence-corrected chi connectivity index (χ4v) is 2.47. The van der Waals surface area contributed by atoms with E-state index in [-0.39, 0.29) is 17.8 Å². The number of aromatic nitrogens is 3. The van der Waals surface area contributed by atoms with E-state index in [0.29, 0.717) is 5.69 Å². The highest BCUT2D eigenvalue weighted by molar-refractivity contribution is 6.38. The van der Waals surface area contributed by atoms with Crippen molar-refractivity contribution < 1.29 is 19.0 Å². The fraction of sp³-hybridized carbons (Fsp3) is 0.111. The van der Waals surface area contributed by atoms with E-state index in [1.807, 2.05) is 6.07 Å². The Hall–Kier alpha value is -3.88. The quantitative estimate of drug-likeness (QED) is 0.582. The molecule has 1 aromatic carbocycles. The molecule has 3 rings (SSSR count). The molecule has 2 amide bonds. The largest absolute Gasteiger partial charge is 0.363 e.